The van der Waals surface area contributed by atoms with Crippen LogP contribution in [0.1, 0.15) is 39.5 Å². The van der Waals surface area contributed by atoms with Gasteiger partial charge < -0.3 is 9.47 Å². The summed E-state index contributed by atoms with van der Waals surface area (Å²) in [5, 5.41) is 0. The summed E-state index contributed by atoms with van der Waals surface area (Å²) in [7, 11) is 0. The topological polar surface area (TPSA) is 18.5 Å². The van der Waals surface area contributed by atoms with E-state index in [1.165, 1.54) is 12.8 Å². The van der Waals surface area contributed by atoms with E-state index in [1.54, 1.807) is 0 Å². The van der Waals surface area contributed by atoms with Gasteiger partial charge in [0.1, 0.15) is 0 Å². The van der Waals surface area contributed by atoms with Crippen LogP contribution >= 0.6 is 0 Å². The van der Waals surface area contributed by atoms with E-state index in [4.69, 9.17) is 9.47 Å². The standard InChI is InChI=1S/C13H20O2/c1-11-4-3-5-12(11,2)10-13(7-6-11)14-8-9-15-13/h3,5H,4,6-10H2,1-2H3. The van der Waals surface area contributed by atoms with Crippen molar-refractivity contribution in [2.24, 2.45) is 10.8 Å². The molecule has 0 bridgehead atoms. The minimum atomic E-state index is -0.247. The number of hydrogen-bond acceptors (Lipinski definition) is 2. The van der Waals surface area contributed by atoms with Crippen molar-refractivity contribution < 1.29 is 9.47 Å². The SMILES string of the molecule is CC12C=CCC1(C)CCC1(C2)OCCO1. The first kappa shape index (κ1) is 9.86. The zero-order chi connectivity index (χ0) is 10.6. The summed E-state index contributed by atoms with van der Waals surface area (Å²) >= 11 is 0. The van der Waals surface area contributed by atoms with Crippen LogP contribution in [0, 0.1) is 10.8 Å². The van der Waals surface area contributed by atoms with Crippen LogP contribution in [-0.2, 0) is 9.47 Å². The highest BCUT2D eigenvalue weighted by Gasteiger charge is 2.56. The summed E-state index contributed by atoms with van der Waals surface area (Å²) in [6.45, 7) is 6.32. The molecule has 0 radical (unpaired) electrons. The first-order valence-electron chi connectivity index (χ1n) is 6.03. The van der Waals surface area contributed by atoms with Crippen LogP contribution in [0.4, 0.5) is 0 Å². The van der Waals surface area contributed by atoms with E-state index >= 15 is 0 Å². The van der Waals surface area contributed by atoms with Gasteiger partial charge in [-0.3, -0.25) is 0 Å². The van der Waals surface area contributed by atoms with E-state index in [-0.39, 0.29) is 11.2 Å². The van der Waals surface area contributed by atoms with Crippen LogP contribution in [0.5, 0.6) is 0 Å². The molecule has 2 nitrogen and oxygen atoms in total. The summed E-state index contributed by atoms with van der Waals surface area (Å²) in [6, 6.07) is 0. The fourth-order valence-corrected chi connectivity index (χ4v) is 3.53. The second kappa shape index (κ2) is 2.86. The Kier molecular flexibility index (Phi) is 1.88. The molecule has 1 saturated carbocycles. The average molecular weight is 208 g/mol. The van der Waals surface area contributed by atoms with Crippen molar-refractivity contribution in [2.45, 2.75) is 45.3 Å². The molecule has 3 rings (SSSR count). The average Bonchev–Trinajstić information content (AvgIpc) is 2.73. The zero-order valence-corrected chi connectivity index (χ0v) is 9.71. The molecule has 84 valence electrons. The summed E-state index contributed by atoms with van der Waals surface area (Å²) in [4.78, 5) is 0. The number of fused-ring (bicyclic) bond motifs is 1. The molecule has 1 saturated heterocycles. The Morgan fingerprint density at radius 2 is 1.80 bits per heavy atom. The lowest BCUT2D eigenvalue weighted by molar-refractivity contribution is -0.215. The van der Waals surface area contributed by atoms with Crippen LogP contribution in [0.25, 0.3) is 0 Å². The third-order valence-electron chi connectivity index (χ3n) is 4.94. The normalized spacial score (nSPS) is 47.3. The Hall–Kier alpha value is -0.340. The van der Waals surface area contributed by atoms with E-state index in [0.29, 0.717) is 5.41 Å². The minimum absolute atomic E-state index is 0.247. The number of hydrogen-bond donors (Lipinski definition) is 0. The second-order valence-corrected chi connectivity index (χ2v) is 5.87. The minimum Gasteiger partial charge on any atom is -0.348 e. The van der Waals surface area contributed by atoms with Crippen molar-refractivity contribution in [1.82, 2.24) is 0 Å². The van der Waals surface area contributed by atoms with Crippen molar-refractivity contribution >= 4 is 0 Å². The van der Waals surface area contributed by atoms with Gasteiger partial charge in [-0.1, -0.05) is 26.0 Å². The van der Waals surface area contributed by atoms with Gasteiger partial charge in [-0.05, 0) is 23.7 Å². The molecule has 2 unspecified atom stereocenters. The lowest BCUT2D eigenvalue weighted by Crippen LogP contribution is -2.48. The Morgan fingerprint density at radius 3 is 2.53 bits per heavy atom. The van der Waals surface area contributed by atoms with Crippen LogP contribution in [-0.4, -0.2) is 19.0 Å². The lowest BCUT2D eigenvalue weighted by atomic mass is 9.58. The molecule has 1 spiro atoms. The van der Waals surface area contributed by atoms with Gasteiger partial charge in [-0.25, -0.2) is 0 Å². The maximum Gasteiger partial charge on any atom is 0.169 e. The summed E-state index contributed by atoms with van der Waals surface area (Å²) < 4.78 is 11.7. The Bertz CT molecular complexity index is 304. The fourth-order valence-electron chi connectivity index (χ4n) is 3.53. The van der Waals surface area contributed by atoms with E-state index in [2.05, 4.69) is 26.0 Å². The molecule has 1 aliphatic heterocycles. The molecular weight excluding hydrogens is 188 g/mol. The zero-order valence-electron chi connectivity index (χ0n) is 9.71. The lowest BCUT2D eigenvalue weighted by Gasteiger charge is -2.51. The Balaban J connectivity index is 1.90. The van der Waals surface area contributed by atoms with Crippen molar-refractivity contribution in [1.29, 1.82) is 0 Å². The van der Waals surface area contributed by atoms with E-state index in [0.717, 1.165) is 26.1 Å². The summed E-state index contributed by atoms with van der Waals surface area (Å²) in [5.41, 5.74) is 0.711. The van der Waals surface area contributed by atoms with Gasteiger partial charge in [0.25, 0.3) is 0 Å². The summed E-state index contributed by atoms with van der Waals surface area (Å²) in [6.07, 6.45) is 9.27. The predicted octanol–water partition coefficient (Wildman–Crippen LogP) is 2.89. The molecule has 15 heavy (non-hydrogen) atoms. The van der Waals surface area contributed by atoms with E-state index in [1.807, 2.05) is 0 Å². The number of ether oxygens (including phenoxy) is 2. The maximum atomic E-state index is 5.84. The van der Waals surface area contributed by atoms with Gasteiger partial charge in [-0.2, -0.15) is 0 Å². The maximum absolute atomic E-state index is 5.84. The van der Waals surface area contributed by atoms with Crippen molar-refractivity contribution in [3.63, 3.8) is 0 Å². The van der Waals surface area contributed by atoms with E-state index < -0.39 is 0 Å². The molecule has 2 fully saturated rings. The molecule has 3 aliphatic rings. The molecule has 0 aromatic rings. The molecule has 0 aromatic heterocycles. The van der Waals surface area contributed by atoms with Crippen molar-refractivity contribution in [2.75, 3.05) is 13.2 Å². The molecular formula is C13H20O2. The van der Waals surface area contributed by atoms with Crippen LogP contribution in [0.3, 0.4) is 0 Å². The van der Waals surface area contributed by atoms with Crippen LogP contribution in [0.15, 0.2) is 12.2 Å². The van der Waals surface area contributed by atoms with Gasteiger partial charge in [-0.15, -0.1) is 0 Å². The predicted molar refractivity (Wildman–Crippen MR) is 58.5 cm³/mol. The largest absolute Gasteiger partial charge is 0.348 e. The molecule has 0 aromatic carbocycles. The smallest absolute Gasteiger partial charge is 0.169 e. The highest BCUT2D eigenvalue weighted by molar-refractivity contribution is 5.18. The molecule has 0 amide bonds. The van der Waals surface area contributed by atoms with Crippen molar-refractivity contribution in [3.8, 4) is 0 Å². The first-order valence-corrected chi connectivity index (χ1v) is 6.03. The number of rotatable bonds is 0. The molecule has 1 heterocycles. The van der Waals surface area contributed by atoms with Gasteiger partial charge in [0.2, 0.25) is 0 Å². The van der Waals surface area contributed by atoms with Gasteiger partial charge >= 0.3 is 0 Å². The quantitative estimate of drug-likeness (QED) is 0.570. The highest BCUT2D eigenvalue weighted by Crippen LogP contribution is 2.60. The van der Waals surface area contributed by atoms with Gasteiger partial charge in [0, 0.05) is 12.8 Å². The van der Waals surface area contributed by atoms with Gasteiger partial charge in [0.15, 0.2) is 5.79 Å². The highest BCUT2D eigenvalue weighted by atomic mass is 16.7. The summed E-state index contributed by atoms with van der Waals surface area (Å²) in [5.74, 6) is -0.247. The third kappa shape index (κ3) is 1.24. The molecule has 2 aliphatic carbocycles. The van der Waals surface area contributed by atoms with Crippen molar-refractivity contribution in [3.05, 3.63) is 12.2 Å². The number of allylic oxidation sites excluding steroid dienone is 2. The van der Waals surface area contributed by atoms with E-state index in [9.17, 15) is 0 Å². The molecule has 0 N–H and O–H groups in total. The Labute approximate surface area is 91.6 Å². The molecule has 2 heteroatoms. The first-order chi connectivity index (χ1) is 7.08. The Morgan fingerprint density at radius 1 is 1.07 bits per heavy atom. The third-order valence-corrected chi connectivity index (χ3v) is 4.94. The molecule has 2 atom stereocenters. The van der Waals surface area contributed by atoms with Gasteiger partial charge in [0.05, 0.1) is 13.2 Å². The van der Waals surface area contributed by atoms with Crippen LogP contribution in [0.2, 0.25) is 0 Å². The monoisotopic (exact) mass is 208 g/mol. The van der Waals surface area contributed by atoms with Crippen LogP contribution < -0.4 is 0 Å². The second-order valence-electron chi connectivity index (χ2n) is 5.87. The fraction of sp³-hybridized carbons (Fsp3) is 0.846.